The second kappa shape index (κ2) is 24.2. The third-order valence-corrected chi connectivity index (χ3v) is 0.404. The number of nitrogens with zero attached hydrogens (tertiary/aromatic N) is 1. The lowest BCUT2D eigenvalue weighted by Crippen LogP contribution is -1.86. The van der Waals surface area contributed by atoms with Gasteiger partial charge in [0.05, 0.1) is 0 Å². The van der Waals surface area contributed by atoms with E-state index in [1.54, 1.807) is 4.58 Å². The van der Waals surface area contributed by atoms with E-state index in [9.17, 15) is 0 Å². The minimum absolute atomic E-state index is 1.75. The lowest BCUT2D eigenvalue weighted by atomic mass is 10.7. The summed E-state index contributed by atoms with van der Waals surface area (Å²) in [4.78, 5) is 0. The summed E-state index contributed by atoms with van der Waals surface area (Å²) < 4.78 is 1.75. The van der Waals surface area contributed by atoms with Crippen LogP contribution < -0.4 is 0 Å². The number of hydrogen-bond donors (Lipinski definition) is 0. The Kier molecular flexibility index (Phi) is 38.9. The summed E-state index contributed by atoms with van der Waals surface area (Å²) in [6, 6.07) is 0. The van der Waals surface area contributed by atoms with E-state index in [2.05, 4.69) is 19.9 Å². The first kappa shape index (κ1) is 16.1. The Morgan fingerprint density at radius 3 is 1.50 bits per heavy atom. The van der Waals surface area contributed by atoms with E-state index < -0.39 is 0 Å². The second-order valence-electron chi connectivity index (χ2n) is 1.24. The highest BCUT2D eigenvalue weighted by Crippen LogP contribution is 1.64. The third-order valence-electron chi connectivity index (χ3n) is 0.404. The van der Waals surface area contributed by atoms with Crippen molar-refractivity contribution in [2.75, 3.05) is 7.05 Å². The molecule has 0 saturated carbocycles. The first-order valence-corrected chi connectivity index (χ1v) is 3.43. The van der Waals surface area contributed by atoms with Gasteiger partial charge in [-0.1, -0.05) is 13.8 Å². The smallest absolute Gasteiger partial charge is 0.163 e. The molecule has 0 amide bonds. The van der Waals surface area contributed by atoms with Crippen LogP contribution in [-0.2, 0) is 0 Å². The number of allylic oxidation sites excluding steroid dienone is 1. The first-order valence-electron chi connectivity index (χ1n) is 3.43. The summed E-state index contributed by atoms with van der Waals surface area (Å²) >= 11 is 0. The lowest BCUT2D eigenvalue weighted by molar-refractivity contribution is -0.412. The zero-order chi connectivity index (χ0) is 8.99. The topological polar surface area (TPSA) is 3.01 Å². The van der Waals surface area contributed by atoms with Crippen LogP contribution in [0.25, 0.3) is 0 Å². The van der Waals surface area contributed by atoms with Gasteiger partial charge < -0.3 is 0 Å². The van der Waals surface area contributed by atoms with Gasteiger partial charge in [-0.2, -0.15) is 0 Å². The Morgan fingerprint density at radius 2 is 1.50 bits per heavy atom. The highest BCUT2D eigenvalue weighted by Gasteiger charge is 1.69. The molecule has 1 heteroatoms. The maximum absolute atomic E-state index is 3.57. The summed E-state index contributed by atoms with van der Waals surface area (Å²) in [6.45, 7) is 15.5. The van der Waals surface area contributed by atoms with Gasteiger partial charge in [0.25, 0.3) is 0 Å². The molecule has 0 radical (unpaired) electrons. The van der Waals surface area contributed by atoms with Crippen LogP contribution in [0.2, 0.25) is 0 Å². The van der Waals surface area contributed by atoms with Gasteiger partial charge in [-0.3, -0.25) is 0 Å². The predicted octanol–water partition coefficient (Wildman–Crippen LogP) is 2.69. The molecule has 0 rings (SSSR count). The molecule has 0 aliphatic rings. The predicted molar refractivity (Wildman–Crippen MR) is 50.7 cm³/mol. The van der Waals surface area contributed by atoms with Crippen molar-refractivity contribution in [3.05, 3.63) is 25.4 Å². The van der Waals surface area contributed by atoms with Crippen LogP contribution in [0, 0.1) is 0 Å². The summed E-state index contributed by atoms with van der Waals surface area (Å²) in [5.74, 6) is 0. The van der Waals surface area contributed by atoms with Crippen molar-refractivity contribution in [2.24, 2.45) is 0 Å². The average molecular weight is 142 g/mol. The SMILES string of the molecule is C=C.C=[N+](C)/C=C\C.CC. The zero-order valence-corrected chi connectivity index (χ0v) is 7.72. The summed E-state index contributed by atoms with van der Waals surface area (Å²) in [5.41, 5.74) is 0. The Morgan fingerprint density at radius 1 is 1.20 bits per heavy atom. The molecule has 0 aromatic carbocycles. The molecular formula is C9H20N+. The molecule has 0 spiro atoms. The van der Waals surface area contributed by atoms with Gasteiger partial charge in [0.15, 0.2) is 6.20 Å². The molecule has 0 atom stereocenters. The lowest BCUT2D eigenvalue weighted by Gasteiger charge is -1.72. The van der Waals surface area contributed by atoms with Crippen LogP contribution in [0.3, 0.4) is 0 Å². The average Bonchev–Trinajstić information content (AvgIpc) is 1.96. The van der Waals surface area contributed by atoms with Crippen LogP contribution in [0.1, 0.15) is 20.8 Å². The van der Waals surface area contributed by atoms with Crippen molar-refractivity contribution < 1.29 is 4.58 Å². The maximum atomic E-state index is 3.57. The Bertz CT molecular complexity index is 82.7. The molecule has 0 bridgehead atoms. The van der Waals surface area contributed by atoms with Gasteiger partial charge in [0.2, 0.25) is 0 Å². The molecule has 10 heavy (non-hydrogen) atoms. The fraction of sp³-hybridized carbons (Fsp3) is 0.444. The van der Waals surface area contributed by atoms with Crippen LogP contribution in [0.5, 0.6) is 0 Å². The van der Waals surface area contributed by atoms with Crippen molar-refractivity contribution in [1.29, 1.82) is 0 Å². The molecule has 0 aromatic rings. The van der Waals surface area contributed by atoms with E-state index >= 15 is 0 Å². The molecule has 60 valence electrons. The van der Waals surface area contributed by atoms with Crippen LogP contribution in [0.15, 0.2) is 25.4 Å². The quantitative estimate of drug-likeness (QED) is 0.301. The molecule has 0 heterocycles. The Balaban J connectivity index is -0.000000105. The van der Waals surface area contributed by atoms with E-state index in [0.29, 0.717) is 0 Å². The van der Waals surface area contributed by atoms with E-state index in [4.69, 9.17) is 0 Å². The molecular weight excluding hydrogens is 122 g/mol. The fourth-order valence-corrected chi connectivity index (χ4v) is 0.254. The van der Waals surface area contributed by atoms with E-state index in [1.165, 1.54) is 0 Å². The fourth-order valence-electron chi connectivity index (χ4n) is 0.254. The minimum atomic E-state index is 1.75. The Labute approximate surface area is 65.4 Å². The largest absolute Gasteiger partial charge is 0.215 e. The van der Waals surface area contributed by atoms with Gasteiger partial charge in [-0.25, -0.2) is 4.58 Å². The molecule has 0 aromatic heterocycles. The van der Waals surface area contributed by atoms with Crippen LogP contribution >= 0.6 is 0 Å². The highest BCUT2D eigenvalue weighted by molar-refractivity contribution is 5.14. The molecule has 0 aliphatic carbocycles. The van der Waals surface area contributed by atoms with Gasteiger partial charge in [0, 0.05) is 0 Å². The van der Waals surface area contributed by atoms with Crippen molar-refractivity contribution in [3.63, 3.8) is 0 Å². The maximum Gasteiger partial charge on any atom is 0.163 e. The normalized spacial score (nSPS) is 6.80. The molecule has 1 nitrogen and oxygen atoms in total. The van der Waals surface area contributed by atoms with Crippen molar-refractivity contribution in [1.82, 2.24) is 0 Å². The third kappa shape index (κ3) is 58.5. The number of rotatable bonds is 1. The van der Waals surface area contributed by atoms with Crippen LogP contribution in [-0.4, -0.2) is 18.3 Å². The molecule has 0 N–H and O–H groups in total. The van der Waals surface area contributed by atoms with Gasteiger partial charge >= 0.3 is 0 Å². The molecule has 0 unspecified atom stereocenters. The van der Waals surface area contributed by atoms with E-state index in [-0.39, 0.29) is 0 Å². The highest BCUT2D eigenvalue weighted by atomic mass is 14.9. The van der Waals surface area contributed by atoms with E-state index in [1.807, 2.05) is 40.1 Å². The van der Waals surface area contributed by atoms with Crippen molar-refractivity contribution >= 4 is 6.72 Å². The number of hydrogen-bond acceptors (Lipinski definition) is 0. The van der Waals surface area contributed by atoms with Crippen LogP contribution in [0.4, 0.5) is 0 Å². The molecule has 0 saturated heterocycles. The summed E-state index contributed by atoms with van der Waals surface area (Å²) in [5, 5.41) is 0. The summed E-state index contributed by atoms with van der Waals surface area (Å²) in [7, 11) is 1.89. The molecule has 0 aliphatic heterocycles. The van der Waals surface area contributed by atoms with Crippen molar-refractivity contribution in [3.8, 4) is 0 Å². The standard InChI is InChI=1S/C5H10N.C2H6.C2H4/c1-4-5-6(2)3;2*1-2/h4-5H,2H2,1,3H3;1-2H3;1-2H2/q+1;;/b5-4-;;. The van der Waals surface area contributed by atoms with E-state index in [0.717, 1.165) is 0 Å². The summed E-state index contributed by atoms with van der Waals surface area (Å²) in [6.07, 6.45) is 3.83. The second-order valence-corrected chi connectivity index (χ2v) is 1.24. The van der Waals surface area contributed by atoms with Gasteiger partial charge in [-0.15, -0.1) is 13.2 Å². The first-order chi connectivity index (χ1) is 4.77. The van der Waals surface area contributed by atoms with Gasteiger partial charge in [-0.05, 0) is 13.0 Å². The molecule has 0 fully saturated rings. The monoisotopic (exact) mass is 142 g/mol. The van der Waals surface area contributed by atoms with Crippen molar-refractivity contribution in [2.45, 2.75) is 20.8 Å². The Hall–Kier alpha value is -0.850. The minimum Gasteiger partial charge on any atom is -0.215 e. The van der Waals surface area contributed by atoms with Gasteiger partial charge in [0.1, 0.15) is 13.8 Å². The zero-order valence-electron chi connectivity index (χ0n) is 7.72.